The number of methoxy groups -OCH3 is 1. The summed E-state index contributed by atoms with van der Waals surface area (Å²) in [6.07, 6.45) is -4.51. The lowest BCUT2D eigenvalue weighted by Gasteiger charge is -2.14. The first kappa shape index (κ1) is 18.9. The van der Waals surface area contributed by atoms with E-state index in [-0.39, 0.29) is 28.2 Å². The number of anilines is 2. The third kappa shape index (κ3) is 4.46. The van der Waals surface area contributed by atoms with Crippen LogP contribution >= 0.6 is 11.6 Å². The summed E-state index contributed by atoms with van der Waals surface area (Å²) in [5.74, 6) is 0.122. The maximum atomic E-state index is 13.1. The van der Waals surface area contributed by atoms with Crippen molar-refractivity contribution >= 4 is 23.1 Å². The SMILES string of the molecule is COc1ccc(C(F)(F)F)cc1Nc1cc(Cl)nc(-c2ccc(F)cc2)n1. The molecule has 0 spiro atoms. The fourth-order valence-corrected chi connectivity index (χ4v) is 2.51. The molecule has 2 aromatic carbocycles. The Kier molecular flexibility index (Phi) is 5.18. The van der Waals surface area contributed by atoms with E-state index >= 15 is 0 Å². The molecule has 0 bridgehead atoms. The molecule has 1 heterocycles. The molecule has 0 saturated heterocycles. The van der Waals surface area contributed by atoms with Crippen molar-refractivity contribution in [1.29, 1.82) is 0 Å². The number of rotatable bonds is 4. The van der Waals surface area contributed by atoms with Crippen LogP contribution in [-0.2, 0) is 6.18 Å². The van der Waals surface area contributed by atoms with Gasteiger partial charge < -0.3 is 10.1 Å². The minimum absolute atomic E-state index is 0.0622. The standard InChI is InChI=1S/C18H12ClF4N3O/c1-27-14-7-4-11(18(21,22)23)8-13(14)24-16-9-15(19)25-17(26-16)10-2-5-12(20)6-3-10/h2-9H,1H3,(H,24,25,26). The van der Waals surface area contributed by atoms with Gasteiger partial charge in [0.05, 0.1) is 18.4 Å². The van der Waals surface area contributed by atoms with Crippen molar-refractivity contribution in [2.75, 3.05) is 12.4 Å². The first-order chi connectivity index (χ1) is 12.8. The maximum Gasteiger partial charge on any atom is 0.416 e. The van der Waals surface area contributed by atoms with Crippen LogP contribution in [0.1, 0.15) is 5.56 Å². The Morgan fingerprint density at radius 1 is 1.00 bits per heavy atom. The van der Waals surface area contributed by atoms with E-state index in [1.807, 2.05) is 0 Å². The van der Waals surface area contributed by atoms with Crippen LogP contribution in [0.2, 0.25) is 5.15 Å². The van der Waals surface area contributed by atoms with E-state index in [4.69, 9.17) is 16.3 Å². The van der Waals surface area contributed by atoms with Crippen molar-refractivity contribution in [2.24, 2.45) is 0 Å². The molecule has 9 heteroatoms. The van der Waals surface area contributed by atoms with E-state index in [2.05, 4.69) is 15.3 Å². The second-order valence-corrected chi connectivity index (χ2v) is 5.83. The molecule has 0 amide bonds. The van der Waals surface area contributed by atoms with Crippen LogP contribution in [0.3, 0.4) is 0 Å². The highest BCUT2D eigenvalue weighted by Crippen LogP contribution is 2.36. The lowest BCUT2D eigenvalue weighted by atomic mass is 10.1. The molecule has 140 valence electrons. The molecule has 3 aromatic rings. The van der Waals surface area contributed by atoms with Gasteiger partial charge in [-0.05, 0) is 42.5 Å². The van der Waals surface area contributed by atoms with Crippen molar-refractivity contribution < 1.29 is 22.3 Å². The van der Waals surface area contributed by atoms with Crippen LogP contribution in [0, 0.1) is 5.82 Å². The molecule has 0 saturated carbocycles. The minimum atomic E-state index is -4.51. The van der Waals surface area contributed by atoms with E-state index in [1.165, 1.54) is 43.5 Å². The Bertz CT molecular complexity index is 962. The van der Waals surface area contributed by atoms with Gasteiger partial charge in [-0.1, -0.05) is 11.6 Å². The van der Waals surface area contributed by atoms with Crippen LogP contribution in [0.15, 0.2) is 48.5 Å². The monoisotopic (exact) mass is 397 g/mol. The number of hydrogen-bond donors (Lipinski definition) is 1. The fourth-order valence-electron chi connectivity index (χ4n) is 2.33. The number of aromatic nitrogens is 2. The lowest BCUT2D eigenvalue weighted by molar-refractivity contribution is -0.137. The lowest BCUT2D eigenvalue weighted by Crippen LogP contribution is -2.06. The Morgan fingerprint density at radius 3 is 2.33 bits per heavy atom. The van der Waals surface area contributed by atoms with E-state index in [0.717, 1.165) is 12.1 Å². The molecule has 0 aliphatic carbocycles. The van der Waals surface area contributed by atoms with Crippen molar-refractivity contribution in [2.45, 2.75) is 6.18 Å². The fraction of sp³-hybridized carbons (Fsp3) is 0.111. The van der Waals surface area contributed by atoms with Crippen LogP contribution in [0.5, 0.6) is 5.75 Å². The van der Waals surface area contributed by atoms with Gasteiger partial charge in [-0.3, -0.25) is 0 Å². The van der Waals surface area contributed by atoms with Crippen molar-refractivity contribution in [3.63, 3.8) is 0 Å². The topological polar surface area (TPSA) is 47.0 Å². The van der Waals surface area contributed by atoms with Crippen LogP contribution < -0.4 is 10.1 Å². The zero-order chi connectivity index (χ0) is 19.6. The predicted molar refractivity (Wildman–Crippen MR) is 93.7 cm³/mol. The number of halogens is 5. The smallest absolute Gasteiger partial charge is 0.416 e. The number of alkyl halides is 3. The molecular weight excluding hydrogens is 386 g/mol. The van der Waals surface area contributed by atoms with Gasteiger partial charge in [-0.25, -0.2) is 14.4 Å². The van der Waals surface area contributed by atoms with Gasteiger partial charge in [-0.15, -0.1) is 0 Å². The van der Waals surface area contributed by atoms with Gasteiger partial charge in [0, 0.05) is 11.6 Å². The molecule has 27 heavy (non-hydrogen) atoms. The summed E-state index contributed by atoms with van der Waals surface area (Å²) in [5, 5.41) is 2.83. The van der Waals surface area contributed by atoms with E-state index in [0.29, 0.717) is 5.56 Å². The highest BCUT2D eigenvalue weighted by atomic mass is 35.5. The quantitative estimate of drug-likeness (QED) is 0.452. The van der Waals surface area contributed by atoms with Gasteiger partial charge >= 0.3 is 6.18 Å². The molecule has 3 rings (SSSR count). The summed E-state index contributed by atoms with van der Waals surface area (Å²) in [5.41, 5.74) is -0.283. The van der Waals surface area contributed by atoms with Gasteiger partial charge in [-0.2, -0.15) is 13.2 Å². The average Bonchev–Trinajstić information content (AvgIpc) is 2.61. The molecule has 0 aliphatic rings. The van der Waals surface area contributed by atoms with Crippen LogP contribution in [0.25, 0.3) is 11.4 Å². The molecule has 4 nitrogen and oxygen atoms in total. The molecule has 0 aliphatic heterocycles. The molecule has 0 unspecified atom stereocenters. The third-order valence-electron chi connectivity index (χ3n) is 3.59. The molecule has 0 fully saturated rings. The second kappa shape index (κ2) is 7.40. The van der Waals surface area contributed by atoms with Gasteiger partial charge in [0.25, 0.3) is 0 Å². The predicted octanol–water partition coefficient (Wildman–Crippen LogP) is 5.71. The summed E-state index contributed by atoms with van der Waals surface area (Å²) in [6.45, 7) is 0. The molecule has 0 radical (unpaired) electrons. The Balaban J connectivity index is 1.99. The Labute approximate surface area is 156 Å². The van der Waals surface area contributed by atoms with Gasteiger partial charge in [0.2, 0.25) is 0 Å². The zero-order valence-corrected chi connectivity index (χ0v) is 14.6. The highest BCUT2D eigenvalue weighted by Gasteiger charge is 2.31. The average molecular weight is 398 g/mol. The largest absolute Gasteiger partial charge is 0.495 e. The number of ether oxygens (including phenoxy) is 1. The van der Waals surface area contributed by atoms with E-state index in [1.54, 1.807) is 0 Å². The summed E-state index contributed by atoms with van der Waals surface area (Å²) in [6, 6.07) is 9.80. The summed E-state index contributed by atoms with van der Waals surface area (Å²) >= 11 is 6.00. The molecule has 1 aromatic heterocycles. The van der Waals surface area contributed by atoms with E-state index in [9.17, 15) is 17.6 Å². The van der Waals surface area contributed by atoms with Gasteiger partial charge in [0.15, 0.2) is 5.82 Å². The first-order valence-electron chi connectivity index (χ1n) is 7.59. The van der Waals surface area contributed by atoms with Crippen LogP contribution in [0.4, 0.5) is 29.1 Å². The van der Waals surface area contributed by atoms with Gasteiger partial charge in [0.1, 0.15) is 22.5 Å². The summed E-state index contributed by atoms with van der Waals surface area (Å²) in [4.78, 5) is 8.29. The number of hydrogen-bond acceptors (Lipinski definition) is 4. The summed E-state index contributed by atoms with van der Waals surface area (Å²) in [7, 11) is 1.34. The third-order valence-corrected chi connectivity index (χ3v) is 3.78. The maximum absolute atomic E-state index is 13.1. The minimum Gasteiger partial charge on any atom is -0.495 e. The van der Waals surface area contributed by atoms with E-state index < -0.39 is 17.6 Å². The van der Waals surface area contributed by atoms with Crippen molar-refractivity contribution in [3.05, 3.63) is 65.1 Å². The molecular formula is C18H12ClF4N3O. The van der Waals surface area contributed by atoms with Crippen molar-refractivity contribution in [3.8, 4) is 17.1 Å². The Morgan fingerprint density at radius 2 is 1.70 bits per heavy atom. The molecule has 0 atom stereocenters. The number of nitrogens with zero attached hydrogens (tertiary/aromatic N) is 2. The van der Waals surface area contributed by atoms with Crippen LogP contribution in [-0.4, -0.2) is 17.1 Å². The normalized spacial score (nSPS) is 11.3. The summed E-state index contributed by atoms with van der Waals surface area (Å²) < 4.78 is 57.1. The number of nitrogens with one attached hydrogen (secondary N) is 1. The highest BCUT2D eigenvalue weighted by molar-refractivity contribution is 6.29. The first-order valence-corrected chi connectivity index (χ1v) is 7.97. The number of benzene rings is 2. The second-order valence-electron chi connectivity index (χ2n) is 5.44. The zero-order valence-electron chi connectivity index (χ0n) is 13.8. The Hall–Kier alpha value is -2.87. The molecule has 1 N–H and O–H groups in total. The van der Waals surface area contributed by atoms with Crippen molar-refractivity contribution in [1.82, 2.24) is 9.97 Å².